The van der Waals surface area contributed by atoms with Gasteiger partial charge in [-0.2, -0.15) is 0 Å². The molecule has 3 heterocycles. The fraction of sp³-hybridized carbons (Fsp3) is 0.722. The Bertz CT molecular complexity index is 594. The van der Waals surface area contributed by atoms with Crippen LogP contribution in [0, 0.1) is 5.92 Å². The van der Waals surface area contributed by atoms with E-state index in [1.165, 1.54) is 12.8 Å². The van der Waals surface area contributed by atoms with Gasteiger partial charge in [0, 0.05) is 44.5 Å². The summed E-state index contributed by atoms with van der Waals surface area (Å²) >= 11 is 0. The van der Waals surface area contributed by atoms with Gasteiger partial charge in [-0.1, -0.05) is 12.8 Å². The third-order valence-corrected chi connectivity index (χ3v) is 5.93. The molecule has 6 nitrogen and oxygen atoms in total. The van der Waals surface area contributed by atoms with Crippen LogP contribution in [0.5, 0.6) is 0 Å². The Hall–Kier alpha value is -1.85. The summed E-state index contributed by atoms with van der Waals surface area (Å²) in [5.41, 5.74) is 0. The van der Waals surface area contributed by atoms with E-state index in [4.69, 9.17) is 0 Å². The van der Waals surface area contributed by atoms with Gasteiger partial charge >= 0.3 is 0 Å². The summed E-state index contributed by atoms with van der Waals surface area (Å²) in [5, 5.41) is 0. The number of carbonyl (C=O) groups excluding carboxylic acids is 2. The van der Waals surface area contributed by atoms with Crippen molar-refractivity contribution < 1.29 is 9.59 Å². The molecule has 2 atom stereocenters. The largest absolute Gasteiger partial charge is 0.340 e. The highest BCUT2D eigenvalue weighted by Gasteiger charge is 2.40. The maximum absolute atomic E-state index is 12.9. The van der Waals surface area contributed by atoms with Gasteiger partial charge in [0.05, 0.1) is 18.3 Å². The third-order valence-electron chi connectivity index (χ3n) is 5.93. The molecule has 2 saturated heterocycles. The van der Waals surface area contributed by atoms with Crippen LogP contribution in [0.15, 0.2) is 18.7 Å². The topological polar surface area (TPSA) is 58.4 Å². The third kappa shape index (κ3) is 2.94. The van der Waals surface area contributed by atoms with Gasteiger partial charge in [0.2, 0.25) is 11.8 Å². The van der Waals surface area contributed by atoms with E-state index in [2.05, 4.69) is 9.55 Å². The molecular formula is C18H26N4O2. The molecule has 3 aliphatic rings. The fourth-order valence-electron chi connectivity index (χ4n) is 4.61. The predicted octanol–water partition coefficient (Wildman–Crippen LogP) is 1.84. The standard InChI is InChI=1S/C18H26N4O2/c23-17-10-14(11-22(17)15-4-1-2-5-15)18(24)20-8-3-6-16(12-20)21-9-7-19-13-21/h7,9,13-16H,1-6,8,10-12H2/t14-,16+/m1/s1. The Morgan fingerprint density at radius 2 is 1.88 bits per heavy atom. The highest BCUT2D eigenvalue weighted by atomic mass is 16.2. The molecule has 1 aromatic heterocycles. The Labute approximate surface area is 142 Å². The molecule has 0 radical (unpaired) electrons. The van der Waals surface area contributed by atoms with Gasteiger partial charge in [0.15, 0.2) is 0 Å². The molecule has 0 N–H and O–H groups in total. The number of imidazole rings is 1. The molecule has 6 heteroatoms. The second-order valence-electron chi connectivity index (χ2n) is 7.48. The van der Waals surface area contributed by atoms with Gasteiger partial charge in [-0.25, -0.2) is 4.98 Å². The van der Waals surface area contributed by atoms with E-state index in [9.17, 15) is 9.59 Å². The zero-order valence-corrected chi connectivity index (χ0v) is 14.1. The molecule has 0 unspecified atom stereocenters. The molecule has 2 amide bonds. The predicted molar refractivity (Wildman–Crippen MR) is 89.2 cm³/mol. The first kappa shape index (κ1) is 15.7. The Morgan fingerprint density at radius 3 is 2.62 bits per heavy atom. The van der Waals surface area contributed by atoms with Crippen LogP contribution >= 0.6 is 0 Å². The molecule has 0 spiro atoms. The number of hydrogen-bond acceptors (Lipinski definition) is 3. The molecule has 130 valence electrons. The number of amides is 2. The average Bonchev–Trinajstić information content (AvgIpc) is 3.35. The van der Waals surface area contributed by atoms with Crippen molar-refractivity contribution in [2.24, 2.45) is 5.92 Å². The summed E-state index contributed by atoms with van der Waals surface area (Å²) in [4.78, 5) is 33.4. The maximum Gasteiger partial charge on any atom is 0.228 e. The number of hydrogen-bond donors (Lipinski definition) is 0. The van der Waals surface area contributed by atoms with Crippen LogP contribution < -0.4 is 0 Å². The quantitative estimate of drug-likeness (QED) is 0.850. The van der Waals surface area contributed by atoms with Crippen molar-refractivity contribution in [3.05, 3.63) is 18.7 Å². The van der Waals surface area contributed by atoms with Gasteiger partial charge in [-0.15, -0.1) is 0 Å². The van der Waals surface area contributed by atoms with Crippen LogP contribution in [0.3, 0.4) is 0 Å². The molecule has 4 rings (SSSR count). The van der Waals surface area contributed by atoms with E-state index >= 15 is 0 Å². The first-order chi connectivity index (χ1) is 11.7. The molecule has 24 heavy (non-hydrogen) atoms. The fourth-order valence-corrected chi connectivity index (χ4v) is 4.61. The molecule has 2 aliphatic heterocycles. The molecule has 3 fully saturated rings. The SMILES string of the molecule is O=C([C@@H]1CC(=O)N(C2CCCC2)C1)N1CCC[C@H](n2ccnc2)C1. The van der Waals surface area contributed by atoms with Gasteiger partial charge in [0.1, 0.15) is 0 Å². The monoisotopic (exact) mass is 330 g/mol. The molecule has 1 aromatic rings. The summed E-state index contributed by atoms with van der Waals surface area (Å²) < 4.78 is 2.10. The van der Waals surface area contributed by atoms with Crippen LogP contribution in [0.4, 0.5) is 0 Å². The summed E-state index contributed by atoms with van der Waals surface area (Å²) in [6.45, 7) is 2.19. The van der Waals surface area contributed by atoms with Crippen LogP contribution in [-0.2, 0) is 9.59 Å². The molecule has 1 aliphatic carbocycles. The molecule has 1 saturated carbocycles. The smallest absolute Gasteiger partial charge is 0.228 e. The molecule has 0 bridgehead atoms. The number of rotatable bonds is 3. The van der Waals surface area contributed by atoms with Gasteiger partial charge < -0.3 is 14.4 Å². The zero-order chi connectivity index (χ0) is 16.5. The lowest BCUT2D eigenvalue weighted by Gasteiger charge is -2.35. The Morgan fingerprint density at radius 1 is 1.08 bits per heavy atom. The van der Waals surface area contributed by atoms with Gasteiger partial charge in [-0.05, 0) is 25.7 Å². The number of nitrogens with zero attached hydrogens (tertiary/aromatic N) is 4. The Balaban J connectivity index is 1.39. The number of carbonyl (C=O) groups is 2. The van der Waals surface area contributed by atoms with Crippen molar-refractivity contribution in [1.82, 2.24) is 19.4 Å². The summed E-state index contributed by atoms with van der Waals surface area (Å²) in [7, 11) is 0. The highest BCUT2D eigenvalue weighted by Crippen LogP contribution is 2.31. The van der Waals surface area contributed by atoms with E-state index < -0.39 is 0 Å². The number of aromatic nitrogens is 2. The van der Waals surface area contributed by atoms with Crippen LogP contribution in [0.2, 0.25) is 0 Å². The second-order valence-corrected chi connectivity index (χ2v) is 7.48. The minimum Gasteiger partial charge on any atom is -0.340 e. The number of piperidine rings is 1. The summed E-state index contributed by atoms with van der Waals surface area (Å²) in [6, 6.07) is 0.698. The van der Waals surface area contributed by atoms with Crippen molar-refractivity contribution in [3.8, 4) is 0 Å². The maximum atomic E-state index is 12.9. The molecule has 0 aromatic carbocycles. The van der Waals surface area contributed by atoms with Crippen LogP contribution in [0.25, 0.3) is 0 Å². The zero-order valence-electron chi connectivity index (χ0n) is 14.1. The van der Waals surface area contributed by atoms with Crippen molar-refractivity contribution in [3.63, 3.8) is 0 Å². The van der Waals surface area contributed by atoms with E-state index in [-0.39, 0.29) is 17.7 Å². The number of likely N-dealkylation sites (tertiary alicyclic amines) is 2. The van der Waals surface area contributed by atoms with E-state index in [1.54, 1.807) is 6.20 Å². The van der Waals surface area contributed by atoms with Crippen molar-refractivity contribution in [2.45, 2.75) is 57.0 Å². The van der Waals surface area contributed by atoms with E-state index in [0.29, 0.717) is 25.0 Å². The van der Waals surface area contributed by atoms with Crippen molar-refractivity contribution >= 4 is 11.8 Å². The normalized spacial score (nSPS) is 28.8. The van der Waals surface area contributed by atoms with Gasteiger partial charge in [0.25, 0.3) is 0 Å². The van der Waals surface area contributed by atoms with Crippen molar-refractivity contribution in [2.75, 3.05) is 19.6 Å². The minimum atomic E-state index is -0.139. The van der Waals surface area contributed by atoms with Crippen molar-refractivity contribution in [1.29, 1.82) is 0 Å². The lowest BCUT2D eigenvalue weighted by Crippen LogP contribution is -2.44. The second kappa shape index (κ2) is 6.57. The minimum absolute atomic E-state index is 0.139. The van der Waals surface area contributed by atoms with E-state index in [1.807, 2.05) is 22.3 Å². The summed E-state index contributed by atoms with van der Waals surface area (Å²) in [6.07, 6.45) is 12.7. The highest BCUT2D eigenvalue weighted by molar-refractivity contribution is 5.89. The van der Waals surface area contributed by atoms with Crippen LogP contribution in [0.1, 0.15) is 51.0 Å². The first-order valence-corrected chi connectivity index (χ1v) is 9.28. The lowest BCUT2D eigenvalue weighted by molar-refractivity contribution is -0.137. The Kier molecular flexibility index (Phi) is 4.29. The van der Waals surface area contributed by atoms with Crippen LogP contribution in [-0.4, -0.2) is 56.8 Å². The van der Waals surface area contributed by atoms with E-state index in [0.717, 1.165) is 38.8 Å². The molecular weight excluding hydrogens is 304 g/mol. The first-order valence-electron chi connectivity index (χ1n) is 9.28. The average molecular weight is 330 g/mol. The van der Waals surface area contributed by atoms with Gasteiger partial charge in [-0.3, -0.25) is 9.59 Å². The summed E-state index contributed by atoms with van der Waals surface area (Å²) in [5.74, 6) is 0.219. The lowest BCUT2D eigenvalue weighted by atomic mass is 10.0.